The second-order valence-corrected chi connectivity index (χ2v) is 15.8. The summed E-state index contributed by atoms with van der Waals surface area (Å²) in [7, 11) is -8.41. The van der Waals surface area contributed by atoms with Gasteiger partial charge in [-0.2, -0.15) is 16.8 Å². The molecule has 252 valence electrons. The minimum atomic E-state index is -4.21. The van der Waals surface area contributed by atoms with Gasteiger partial charge in [-0.05, 0) is 25.7 Å². The Balaban J connectivity index is 1.48. The second kappa shape index (κ2) is 17.1. The Morgan fingerprint density at radius 2 is 0.727 bits per heavy atom. The lowest BCUT2D eigenvalue weighted by Crippen LogP contribution is -2.36. The molecule has 0 spiro atoms. The molecule has 4 amide bonds. The van der Waals surface area contributed by atoms with Crippen molar-refractivity contribution in [3.05, 3.63) is 0 Å². The third-order valence-corrected chi connectivity index (χ3v) is 11.3. The fourth-order valence-corrected chi connectivity index (χ4v) is 8.40. The maximum absolute atomic E-state index is 13.0. The molecule has 0 aromatic carbocycles. The van der Waals surface area contributed by atoms with Crippen molar-refractivity contribution in [3.63, 3.8) is 0 Å². The smallest absolute Gasteiger partial charge is 0.272 e. The molecule has 2 saturated heterocycles. The Kier molecular flexibility index (Phi) is 14.2. The van der Waals surface area contributed by atoms with E-state index in [1.54, 1.807) is 0 Å². The minimum absolute atomic E-state index is 0.208. The first kappa shape index (κ1) is 36.6. The summed E-state index contributed by atoms with van der Waals surface area (Å²) in [6, 6.07) is 0. The summed E-state index contributed by atoms with van der Waals surface area (Å²) in [6.45, 7) is 4.27. The summed E-state index contributed by atoms with van der Waals surface area (Å²) < 4.78 is 60.0. The number of nitrogens with zero attached hydrogens (tertiary/aromatic N) is 2. The molecule has 2 heterocycles. The van der Waals surface area contributed by atoms with Gasteiger partial charge in [0.05, 0.1) is 35.2 Å². The lowest BCUT2D eigenvalue weighted by molar-refractivity contribution is -0.166. The highest BCUT2D eigenvalue weighted by Crippen LogP contribution is 2.48. The van der Waals surface area contributed by atoms with Gasteiger partial charge in [-0.1, -0.05) is 104 Å². The lowest BCUT2D eigenvalue weighted by atomic mass is 9.70. The van der Waals surface area contributed by atoms with Crippen LogP contribution >= 0.6 is 0 Å². The van der Waals surface area contributed by atoms with Crippen LogP contribution in [0.1, 0.15) is 129 Å². The molecule has 0 radical (unpaired) electrons. The highest BCUT2D eigenvalue weighted by Gasteiger charge is 2.61. The molecule has 0 N–H and O–H groups in total. The predicted molar refractivity (Wildman–Crippen MR) is 162 cm³/mol. The van der Waals surface area contributed by atoms with Gasteiger partial charge in [0, 0.05) is 0 Å². The minimum Gasteiger partial charge on any atom is -0.272 e. The van der Waals surface area contributed by atoms with Crippen molar-refractivity contribution < 1.29 is 44.6 Å². The van der Waals surface area contributed by atoms with Crippen LogP contribution in [0.3, 0.4) is 0 Å². The van der Waals surface area contributed by atoms with E-state index >= 15 is 0 Å². The zero-order chi connectivity index (χ0) is 32.3. The monoisotopic (exact) mass is 662 g/mol. The van der Waals surface area contributed by atoms with E-state index in [9.17, 15) is 36.0 Å². The van der Waals surface area contributed by atoms with E-state index in [0.29, 0.717) is 25.7 Å². The largest absolute Gasteiger partial charge is 0.288 e. The van der Waals surface area contributed by atoms with E-state index in [0.717, 1.165) is 64.2 Å². The molecule has 14 heteroatoms. The summed E-state index contributed by atoms with van der Waals surface area (Å²) in [5.41, 5.74) is 0. The van der Waals surface area contributed by atoms with Gasteiger partial charge in [0.25, 0.3) is 43.9 Å². The quantitative estimate of drug-likeness (QED) is 0.116. The van der Waals surface area contributed by atoms with Gasteiger partial charge in [0.1, 0.15) is 0 Å². The van der Waals surface area contributed by atoms with Gasteiger partial charge in [-0.3, -0.25) is 19.2 Å². The predicted octanol–water partition coefficient (Wildman–Crippen LogP) is 4.79. The Morgan fingerprint density at radius 1 is 0.477 bits per heavy atom. The zero-order valence-electron chi connectivity index (χ0n) is 26.2. The van der Waals surface area contributed by atoms with Crippen molar-refractivity contribution in [3.8, 4) is 0 Å². The second-order valence-electron chi connectivity index (χ2n) is 12.5. The normalized spacial score (nSPS) is 24.0. The van der Waals surface area contributed by atoms with E-state index in [-0.39, 0.29) is 34.5 Å². The van der Waals surface area contributed by atoms with Crippen molar-refractivity contribution >= 4 is 43.9 Å². The number of carbonyl (C=O) groups is 4. The van der Waals surface area contributed by atoms with Crippen LogP contribution in [-0.2, 0) is 48.0 Å². The first-order chi connectivity index (χ1) is 20.9. The van der Waals surface area contributed by atoms with Crippen LogP contribution in [-0.4, -0.2) is 62.1 Å². The SMILES string of the molecule is CCCCCCCCCCS(=O)(=O)ON1C(=O)C2CC3C(=O)N(OS(=O)(=O)CCCCCCCCCC)C(=O)C3CC2C1=O. The lowest BCUT2D eigenvalue weighted by Gasteiger charge is -2.27. The van der Waals surface area contributed by atoms with E-state index in [1.807, 2.05) is 0 Å². The molecular formula is C30H50N2O10S2. The van der Waals surface area contributed by atoms with Crippen LogP contribution in [0.5, 0.6) is 0 Å². The van der Waals surface area contributed by atoms with Crippen LogP contribution in [0.2, 0.25) is 0 Å². The molecule has 0 aromatic heterocycles. The van der Waals surface area contributed by atoms with Crippen molar-refractivity contribution in [2.24, 2.45) is 23.7 Å². The number of imide groups is 2. The average molecular weight is 663 g/mol. The molecule has 3 fully saturated rings. The molecule has 3 aliphatic rings. The van der Waals surface area contributed by atoms with Gasteiger partial charge >= 0.3 is 0 Å². The van der Waals surface area contributed by atoms with Crippen molar-refractivity contribution in [2.75, 3.05) is 11.5 Å². The first-order valence-corrected chi connectivity index (χ1v) is 19.7. The van der Waals surface area contributed by atoms with Crippen LogP contribution < -0.4 is 0 Å². The Hall–Kier alpha value is -1.90. The average Bonchev–Trinajstić information content (AvgIpc) is 3.34. The molecule has 0 bridgehead atoms. The van der Waals surface area contributed by atoms with E-state index in [2.05, 4.69) is 13.8 Å². The van der Waals surface area contributed by atoms with E-state index < -0.39 is 67.5 Å². The van der Waals surface area contributed by atoms with Crippen molar-refractivity contribution in [1.29, 1.82) is 0 Å². The maximum Gasteiger partial charge on any atom is 0.288 e. The number of rotatable bonds is 22. The molecule has 3 rings (SSSR count). The summed E-state index contributed by atoms with van der Waals surface area (Å²) in [4.78, 5) is 52.2. The molecule has 44 heavy (non-hydrogen) atoms. The fourth-order valence-electron chi connectivity index (χ4n) is 6.39. The van der Waals surface area contributed by atoms with E-state index in [1.165, 1.54) is 12.8 Å². The molecule has 4 unspecified atom stereocenters. The Morgan fingerprint density at radius 3 is 1.00 bits per heavy atom. The number of hydrogen-bond acceptors (Lipinski definition) is 10. The standard InChI is InChI=1S/C30H50N2O10S2/c1-3-5-7-9-11-13-15-17-19-43(37,38)41-31-27(33)23-21-25-26(22-24(23)28(31)34)30(36)32(29(25)35)42-44(39,40)20-18-16-14-12-10-8-6-4-2/h23-26H,3-22H2,1-2H3. The molecule has 0 aromatic rings. The fraction of sp³-hybridized carbons (Fsp3) is 0.867. The number of unbranched alkanes of at least 4 members (excludes halogenated alkanes) is 14. The number of amides is 4. The van der Waals surface area contributed by atoms with Gasteiger partial charge in [0.15, 0.2) is 0 Å². The number of carbonyl (C=O) groups excluding carboxylic acids is 4. The van der Waals surface area contributed by atoms with E-state index in [4.69, 9.17) is 8.57 Å². The summed E-state index contributed by atoms with van der Waals surface area (Å²) in [5, 5.41) is 0.544. The molecule has 1 saturated carbocycles. The van der Waals surface area contributed by atoms with Crippen molar-refractivity contribution in [1.82, 2.24) is 10.1 Å². The van der Waals surface area contributed by atoms with Crippen LogP contribution in [0.4, 0.5) is 0 Å². The number of fused-ring (bicyclic) bond motifs is 2. The van der Waals surface area contributed by atoms with Gasteiger partial charge in [-0.25, -0.2) is 0 Å². The van der Waals surface area contributed by atoms with Crippen LogP contribution in [0.15, 0.2) is 0 Å². The third kappa shape index (κ3) is 10.1. The van der Waals surface area contributed by atoms with Gasteiger partial charge < -0.3 is 0 Å². The summed E-state index contributed by atoms with van der Waals surface area (Å²) >= 11 is 0. The summed E-state index contributed by atoms with van der Waals surface area (Å²) in [6.07, 6.45) is 14.6. The number of hydroxylamine groups is 4. The molecule has 4 atom stereocenters. The Labute approximate surface area is 262 Å². The van der Waals surface area contributed by atoms with Crippen LogP contribution in [0, 0.1) is 23.7 Å². The highest BCUT2D eigenvalue weighted by molar-refractivity contribution is 7.86. The topological polar surface area (TPSA) is 161 Å². The molecule has 1 aliphatic carbocycles. The number of hydrogen-bond donors (Lipinski definition) is 0. The molecular weight excluding hydrogens is 612 g/mol. The molecule has 2 aliphatic heterocycles. The third-order valence-electron chi connectivity index (χ3n) is 8.93. The maximum atomic E-state index is 13.0. The Bertz CT molecular complexity index is 1090. The van der Waals surface area contributed by atoms with Crippen molar-refractivity contribution in [2.45, 2.75) is 129 Å². The van der Waals surface area contributed by atoms with Gasteiger partial charge in [0.2, 0.25) is 0 Å². The first-order valence-electron chi connectivity index (χ1n) is 16.5. The summed E-state index contributed by atoms with van der Waals surface area (Å²) in [5.74, 6) is -8.37. The highest BCUT2D eigenvalue weighted by atomic mass is 32.2. The zero-order valence-corrected chi connectivity index (χ0v) is 27.9. The van der Waals surface area contributed by atoms with Crippen LogP contribution in [0.25, 0.3) is 0 Å². The molecule has 12 nitrogen and oxygen atoms in total. The van der Waals surface area contributed by atoms with Gasteiger partial charge in [-0.15, -0.1) is 18.7 Å².